The Hall–Kier alpha value is -1.58. The number of hydrogen-bond acceptors (Lipinski definition) is 3. The minimum atomic E-state index is 0.00405. The second-order valence-electron chi connectivity index (χ2n) is 5.45. The normalized spacial score (nSPS) is 15.9. The van der Waals surface area contributed by atoms with Gasteiger partial charge in [0.25, 0.3) is 5.91 Å². The van der Waals surface area contributed by atoms with Gasteiger partial charge in [0.2, 0.25) is 0 Å². The molecule has 4 nitrogen and oxygen atoms in total. The van der Waals surface area contributed by atoms with Crippen LogP contribution in [0.25, 0.3) is 0 Å². The smallest absolute Gasteiger partial charge is 0.251 e. The van der Waals surface area contributed by atoms with Crippen molar-refractivity contribution in [2.24, 2.45) is 5.41 Å². The van der Waals surface area contributed by atoms with Gasteiger partial charge in [-0.3, -0.25) is 4.79 Å². The van der Waals surface area contributed by atoms with Crippen LogP contribution in [0.4, 0.5) is 5.82 Å². The van der Waals surface area contributed by atoms with Crippen LogP contribution in [0.1, 0.15) is 49.2 Å². The fourth-order valence-corrected chi connectivity index (χ4v) is 2.27. The van der Waals surface area contributed by atoms with Crippen LogP contribution < -0.4 is 10.6 Å². The van der Waals surface area contributed by atoms with E-state index >= 15 is 0 Å². The van der Waals surface area contributed by atoms with Gasteiger partial charge in [0.1, 0.15) is 5.82 Å². The first-order valence-corrected chi connectivity index (χ1v) is 7.09. The van der Waals surface area contributed by atoms with Crippen LogP contribution in [0.3, 0.4) is 0 Å². The average molecular weight is 261 g/mol. The highest BCUT2D eigenvalue weighted by atomic mass is 16.1. The third-order valence-corrected chi connectivity index (χ3v) is 3.90. The summed E-state index contributed by atoms with van der Waals surface area (Å²) in [5.41, 5.74) is 1.93. The van der Waals surface area contributed by atoms with E-state index in [-0.39, 0.29) is 5.91 Å². The number of hydrogen-bond donors (Lipinski definition) is 2. The summed E-state index contributed by atoms with van der Waals surface area (Å²) >= 11 is 0. The maximum atomic E-state index is 12.2. The van der Waals surface area contributed by atoms with E-state index in [1.54, 1.807) is 0 Å². The van der Waals surface area contributed by atoms with Gasteiger partial charge in [-0.15, -0.1) is 0 Å². The maximum Gasteiger partial charge on any atom is 0.251 e. The van der Waals surface area contributed by atoms with Crippen LogP contribution >= 0.6 is 0 Å². The van der Waals surface area contributed by atoms with Crippen LogP contribution in [0.5, 0.6) is 0 Å². The molecule has 4 heteroatoms. The number of amides is 1. The Balaban J connectivity index is 2.01. The summed E-state index contributed by atoms with van der Waals surface area (Å²) in [5.74, 6) is 0.772. The molecule has 0 bridgehead atoms. The zero-order valence-corrected chi connectivity index (χ0v) is 12.0. The van der Waals surface area contributed by atoms with E-state index in [0.29, 0.717) is 11.0 Å². The summed E-state index contributed by atoms with van der Waals surface area (Å²) in [6.45, 7) is 7.71. The Labute approximate surface area is 115 Å². The topological polar surface area (TPSA) is 54.0 Å². The number of pyridine rings is 1. The quantitative estimate of drug-likeness (QED) is 0.828. The van der Waals surface area contributed by atoms with Crippen LogP contribution in [0.15, 0.2) is 12.1 Å². The molecule has 0 atom stereocenters. The van der Waals surface area contributed by atoms with Gasteiger partial charge < -0.3 is 10.6 Å². The molecule has 0 aliphatic heterocycles. The van der Waals surface area contributed by atoms with Gasteiger partial charge in [-0.25, -0.2) is 4.98 Å². The number of nitrogens with zero attached hydrogens (tertiary/aromatic N) is 1. The standard InChI is InChI=1S/C15H23N3O/c1-4-15(6-7-15)10-17-14(19)12-8-11(3)18-13(9-12)16-5-2/h8-9H,4-7,10H2,1-3H3,(H,16,18)(H,17,19). The highest BCUT2D eigenvalue weighted by Crippen LogP contribution is 2.47. The Kier molecular flexibility index (Phi) is 4.08. The number of anilines is 1. The number of carbonyl (C=O) groups excluding carboxylic acids is 1. The van der Waals surface area contributed by atoms with Crippen molar-refractivity contribution >= 4 is 11.7 Å². The average Bonchev–Trinajstić information content (AvgIpc) is 3.16. The molecular formula is C15H23N3O. The van der Waals surface area contributed by atoms with Crippen LogP contribution in [0.2, 0.25) is 0 Å². The minimum absolute atomic E-state index is 0.00405. The van der Waals surface area contributed by atoms with E-state index in [1.165, 1.54) is 12.8 Å². The van der Waals surface area contributed by atoms with Crippen molar-refractivity contribution in [1.29, 1.82) is 0 Å². The lowest BCUT2D eigenvalue weighted by Gasteiger charge is -2.14. The van der Waals surface area contributed by atoms with Gasteiger partial charge in [0, 0.05) is 24.3 Å². The molecule has 0 saturated heterocycles. The molecular weight excluding hydrogens is 238 g/mol. The molecule has 1 fully saturated rings. The number of nitrogens with one attached hydrogen (secondary N) is 2. The van der Waals surface area contributed by atoms with Gasteiger partial charge in [-0.05, 0) is 50.7 Å². The van der Waals surface area contributed by atoms with Gasteiger partial charge in [-0.2, -0.15) is 0 Å². The van der Waals surface area contributed by atoms with Gasteiger partial charge in [0.05, 0.1) is 0 Å². The predicted octanol–water partition coefficient (Wildman–Crippen LogP) is 2.74. The third kappa shape index (κ3) is 3.46. The molecule has 1 saturated carbocycles. The highest BCUT2D eigenvalue weighted by molar-refractivity contribution is 5.95. The monoisotopic (exact) mass is 261 g/mol. The van der Waals surface area contributed by atoms with E-state index in [2.05, 4.69) is 22.5 Å². The van der Waals surface area contributed by atoms with Crippen molar-refractivity contribution in [2.45, 2.75) is 40.0 Å². The molecule has 19 heavy (non-hydrogen) atoms. The Morgan fingerprint density at radius 1 is 1.37 bits per heavy atom. The van der Waals surface area contributed by atoms with E-state index in [0.717, 1.165) is 31.0 Å². The van der Waals surface area contributed by atoms with Crippen molar-refractivity contribution in [1.82, 2.24) is 10.3 Å². The van der Waals surface area contributed by atoms with Gasteiger partial charge >= 0.3 is 0 Å². The zero-order valence-electron chi connectivity index (χ0n) is 12.0. The number of carbonyl (C=O) groups is 1. The van der Waals surface area contributed by atoms with Crippen LogP contribution in [-0.4, -0.2) is 24.0 Å². The van der Waals surface area contributed by atoms with E-state index < -0.39 is 0 Å². The fraction of sp³-hybridized carbons (Fsp3) is 0.600. The van der Waals surface area contributed by atoms with Gasteiger partial charge in [-0.1, -0.05) is 6.92 Å². The second kappa shape index (κ2) is 5.59. The Bertz CT molecular complexity index is 466. The van der Waals surface area contributed by atoms with E-state index in [1.807, 2.05) is 26.0 Å². The molecule has 1 aromatic rings. The maximum absolute atomic E-state index is 12.2. The summed E-state index contributed by atoms with van der Waals surface area (Å²) in [7, 11) is 0. The van der Waals surface area contributed by atoms with Crippen molar-refractivity contribution in [2.75, 3.05) is 18.4 Å². The first-order chi connectivity index (χ1) is 9.08. The number of aryl methyl sites for hydroxylation is 1. The summed E-state index contributed by atoms with van der Waals surface area (Å²) in [6.07, 6.45) is 3.62. The Morgan fingerprint density at radius 2 is 2.11 bits per heavy atom. The first-order valence-electron chi connectivity index (χ1n) is 7.09. The SMILES string of the molecule is CCNc1cc(C(=O)NCC2(CC)CC2)cc(C)n1. The highest BCUT2D eigenvalue weighted by Gasteiger charge is 2.40. The predicted molar refractivity (Wildman–Crippen MR) is 77.4 cm³/mol. The lowest BCUT2D eigenvalue weighted by Crippen LogP contribution is -2.30. The molecule has 1 aliphatic rings. The molecule has 0 aromatic carbocycles. The molecule has 0 spiro atoms. The molecule has 0 radical (unpaired) electrons. The van der Waals surface area contributed by atoms with Crippen molar-refractivity contribution in [3.63, 3.8) is 0 Å². The lowest BCUT2D eigenvalue weighted by molar-refractivity contribution is 0.0944. The number of aromatic nitrogens is 1. The molecule has 0 unspecified atom stereocenters. The molecule has 2 rings (SSSR count). The van der Waals surface area contributed by atoms with Crippen LogP contribution in [-0.2, 0) is 0 Å². The summed E-state index contributed by atoms with van der Waals surface area (Å²) < 4.78 is 0. The van der Waals surface area contributed by atoms with E-state index in [4.69, 9.17) is 0 Å². The Morgan fingerprint density at radius 3 is 2.68 bits per heavy atom. The molecule has 1 heterocycles. The third-order valence-electron chi connectivity index (χ3n) is 3.90. The molecule has 1 aromatic heterocycles. The number of rotatable bonds is 6. The molecule has 104 valence electrons. The summed E-state index contributed by atoms with van der Waals surface area (Å²) in [6, 6.07) is 3.65. The van der Waals surface area contributed by atoms with Crippen molar-refractivity contribution in [3.8, 4) is 0 Å². The molecule has 1 aliphatic carbocycles. The zero-order chi connectivity index (χ0) is 13.9. The largest absolute Gasteiger partial charge is 0.370 e. The second-order valence-corrected chi connectivity index (χ2v) is 5.45. The summed E-state index contributed by atoms with van der Waals surface area (Å²) in [5, 5.41) is 6.20. The van der Waals surface area contributed by atoms with Crippen molar-refractivity contribution < 1.29 is 4.79 Å². The molecule has 1 amide bonds. The summed E-state index contributed by atoms with van der Waals surface area (Å²) in [4.78, 5) is 16.5. The van der Waals surface area contributed by atoms with E-state index in [9.17, 15) is 4.79 Å². The van der Waals surface area contributed by atoms with Crippen molar-refractivity contribution in [3.05, 3.63) is 23.4 Å². The van der Waals surface area contributed by atoms with Gasteiger partial charge in [0.15, 0.2) is 0 Å². The lowest BCUT2D eigenvalue weighted by atomic mass is 10.0. The fourth-order valence-electron chi connectivity index (χ4n) is 2.27. The molecule has 2 N–H and O–H groups in total. The first kappa shape index (κ1) is 13.8. The van der Waals surface area contributed by atoms with Crippen LogP contribution in [0, 0.1) is 12.3 Å². The minimum Gasteiger partial charge on any atom is -0.370 e.